The van der Waals surface area contributed by atoms with Crippen LogP contribution in [0.2, 0.25) is 0 Å². The largest absolute Gasteiger partial charge is 0.497 e. The van der Waals surface area contributed by atoms with Gasteiger partial charge in [-0.2, -0.15) is 0 Å². The zero-order valence-corrected chi connectivity index (χ0v) is 15.2. The number of aryl methyl sites for hydroxylation is 1. The monoisotopic (exact) mass is 328 g/mol. The maximum atomic E-state index is 5.32. The van der Waals surface area contributed by atoms with Gasteiger partial charge in [0.1, 0.15) is 5.75 Å². The number of likely N-dealkylation sites (tertiary alicyclic amines) is 1. The fourth-order valence-corrected chi connectivity index (χ4v) is 3.42. The van der Waals surface area contributed by atoms with Gasteiger partial charge >= 0.3 is 0 Å². The normalized spacial score (nSPS) is 18.8. The average Bonchev–Trinajstić information content (AvgIpc) is 2.60. The number of hydrogen-bond acceptors (Lipinski definition) is 5. The molecule has 5 heteroatoms. The van der Waals surface area contributed by atoms with Crippen LogP contribution in [0.3, 0.4) is 0 Å². The Kier molecular flexibility index (Phi) is 5.19. The van der Waals surface area contributed by atoms with E-state index in [2.05, 4.69) is 23.8 Å². The lowest BCUT2D eigenvalue weighted by molar-refractivity contribution is 0.165. The number of aromatic nitrogens is 2. The van der Waals surface area contributed by atoms with Gasteiger partial charge in [-0.25, -0.2) is 9.97 Å². The number of methoxy groups -OCH3 is 1. The first-order valence-corrected chi connectivity index (χ1v) is 8.86. The Bertz CT molecular complexity index is 703. The van der Waals surface area contributed by atoms with Crippen LogP contribution >= 0.6 is 0 Å². The molecule has 1 aliphatic heterocycles. The van der Waals surface area contributed by atoms with E-state index in [0.29, 0.717) is 6.04 Å². The molecular formula is C19H28N4O. The van der Waals surface area contributed by atoms with E-state index in [1.807, 2.05) is 25.1 Å². The Morgan fingerprint density at radius 2 is 2.12 bits per heavy atom. The molecule has 1 saturated heterocycles. The number of ether oxygens (including phenoxy) is 1. The van der Waals surface area contributed by atoms with Crippen LogP contribution in [-0.4, -0.2) is 54.7 Å². The van der Waals surface area contributed by atoms with E-state index in [4.69, 9.17) is 14.7 Å². The standard InChI is InChI=1S/C19H28N4O/c1-14-7-5-6-10-23(14)12-11-22(3)19-20-15(2)17-9-8-16(24-4)13-18(17)21-19/h8-9,13-14H,5-7,10-12H2,1-4H3. The third-order valence-electron chi connectivity index (χ3n) is 5.09. The van der Waals surface area contributed by atoms with E-state index in [9.17, 15) is 0 Å². The Balaban J connectivity index is 1.75. The van der Waals surface area contributed by atoms with Crippen LogP contribution in [-0.2, 0) is 0 Å². The van der Waals surface area contributed by atoms with Crippen LogP contribution in [0.15, 0.2) is 18.2 Å². The molecule has 3 rings (SSSR count). The van der Waals surface area contributed by atoms with E-state index in [1.54, 1.807) is 7.11 Å². The SMILES string of the molecule is COc1ccc2c(C)nc(N(C)CCN3CCCCC3C)nc2c1. The summed E-state index contributed by atoms with van der Waals surface area (Å²) in [4.78, 5) is 14.2. The van der Waals surface area contributed by atoms with Crippen molar-refractivity contribution in [3.63, 3.8) is 0 Å². The lowest BCUT2D eigenvalue weighted by Crippen LogP contribution is -2.42. The number of rotatable bonds is 5. The predicted molar refractivity (Wildman–Crippen MR) is 99.0 cm³/mol. The molecule has 1 unspecified atom stereocenters. The molecule has 1 atom stereocenters. The molecule has 1 aromatic carbocycles. The molecule has 0 N–H and O–H groups in total. The van der Waals surface area contributed by atoms with Crippen LogP contribution in [0.4, 0.5) is 5.95 Å². The van der Waals surface area contributed by atoms with Crippen LogP contribution in [0, 0.1) is 6.92 Å². The molecule has 0 radical (unpaired) electrons. The minimum Gasteiger partial charge on any atom is -0.497 e. The number of fused-ring (bicyclic) bond motifs is 1. The van der Waals surface area contributed by atoms with Gasteiger partial charge in [0, 0.05) is 37.6 Å². The second-order valence-corrected chi connectivity index (χ2v) is 6.79. The molecule has 0 aliphatic carbocycles. The minimum absolute atomic E-state index is 0.690. The first-order chi connectivity index (χ1) is 11.6. The molecule has 1 aliphatic rings. The van der Waals surface area contributed by atoms with Crippen molar-refractivity contribution in [2.24, 2.45) is 0 Å². The Labute approximate surface area is 144 Å². The summed E-state index contributed by atoms with van der Waals surface area (Å²) in [6.07, 6.45) is 4.00. The van der Waals surface area contributed by atoms with Gasteiger partial charge in [0.25, 0.3) is 0 Å². The summed E-state index contributed by atoms with van der Waals surface area (Å²) < 4.78 is 5.32. The zero-order chi connectivity index (χ0) is 17.1. The maximum Gasteiger partial charge on any atom is 0.225 e. The first kappa shape index (κ1) is 17.0. The summed E-state index contributed by atoms with van der Waals surface area (Å²) in [5.74, 6) is 1.62. The van der Waals surface area contributed by atoms with Gasteiger partial charge in [-0.3, -0.25) is 4.90 Å². The molecule has 0 saturated carbocycles. The molecule has 24 heavy (non-hydrogen) atoms. The highest BCUT2D eigenvalue weighted by Gasteiger charge is 2.18. The minimum atomic E-state index is 0.690. The molecule has 2 heterocycles. The number of nitrogens with zero attached hydrogens (tertiary/aromatic N) is 4. The number of hydrogen-bond donors (Lipinski definition) is 0. The maximum absolute atomic E-state index is 5.32. The Hall–Kier alpha value is -1.88. The number of benzene rings is 1. The second-order valence-electron chi connectivity index (χ2n) is 6.79. The second kappa shape index (κ2) is 7.34. The van der Waals surface area contributed by atoms with Crippen LogP contribution in [0.25, 0.3) is 10.9 Å². The molecular weight excluding hydrogens is 300 g/mol. The zero-order valence-electron chi connectivity index (χ0n) is 15.2. The summed E-state index contributed by atoms with van der Waals surface area (Å²) >= 11 is 0. The Morgan fingerprint density at radius 3 is 2.88 bits per heavy atom. The lowest BCUT2D eigenvalue weighted by Gasteiger charge is -2.34. The van der Waals surface area contributed by atoms with Crippen molar-refractivity contribution in [1.29, 1.82) is 0 Å². The molecule has 1 fully saturated rings. The van der Waals surface area contributed by atoms with Gasteiger partial charge in [-0.1, -0.05) is 6.42 Å². The van der Waals surface area contributed by atoms with Gasteiger partial charge in [-0.15, -0.1) is 0 Å². The number of likely N-dealkylation sites (N-methyl/N-ethyl adjacent to an activating group) is 1. The highest BCUT2D eigenvalue weighted by atomic mass is 16.5. The van der Waals surface area contributed by atoms with Crippen molar-refractivity contribution in [2.75, 3.05) is 38.7 Å². The highest BCUT2D eigenvalue weighted by molar-refractivity contribution is 5.83. The van der Waals surface area contributed by atoms with Gasteiger partial charge in [0.15, 0.2) is 0 Å². The lowest BCUT2D eigenvalue weighted by atomic mass is 10.0. The van der Waals surface area contributed by atoms with Crippen molar-refractivity contribution < 1.29 is 4.74 Å². The average molecular weight is 328 g/mol. The smallest absolute Gasteiger partial charge is 0.225 e. The van der Waals surface area contributed by atoms with Gasteiger partial charge < -0.3 is 9.64 Å². The van der Waals surface area contributed by atoms with Crippen molar-refractivity contribution in [1.82, 2.24) is 14.9 Å². The van der Waals surface area contributed by atoms with E-state index in [1.165, 1.54) is 25.8 Å². The van der Waals surface area contributed by atoms with E-state index >= 15 is 0 Å². The molecule has 1 aromatic heterocycles. The van der Waals surface area contributed by atoms with Gasteiger partial charge in [-0.05, 0) is 45.4 Å². The van der Waals surface area contributed by atoms with Gasteiger partial charge in [0.05, 0.1) is 18.3 Å². The summed E-state index contributed by atoms with van der Waals surface area (Å²) in [6.45, 7) is 7.60. The highest BCUT2D eigenvalue weighted by Crippen LogP contribution is 2.23. The first-order valence-electron chi connectivity index (χ1n) is 8.86. The fraction of sp³-hybridized carbons (Fsp3) is 0.579. The number of piperidine rings is 1. The summed E-state index contributed by atoms with van der Waals surface area (Å²) in [6, 6.07) is 6.66. The van der Waals surface area contributed by atoms with E-state index in [-0.39, 0.29) is 0 Å². The van der Waals surface area contributed by atoms with E-state index < -0.39 is 0 Å². The molecule has 0 amide bonds. The van der Waals surface area contributed by atoms with Crippen molar-refractivity contribution in [3.8, 4) is 5.75 Å². The quantitative estimate of drug-likeness (QED) is 0.843. The fourth-order valence-electron chi connectivity index (χ4n) is 3.42. The molecule has 130 valence electrons. The Morgan fingerprint density at radius 1 is 1.29 bits per heavy atom. The molecule has 0 spiro atoms. The summed E-state index contributed by atoms with van der Waals surface area (Å²) in [5, 5.41) is 1.08. The molecule has 0 bridgehead atoms. The van der Waals surface area contributed by atoms with E-state index in [0.717, 1.165) is 41.4 Å². The number of anilines is 1. The van der Waals surface area contributed by atoms with Crippen LogP contribution in [0.1, 0.15) is 31.9 Å². The van der Waals surface area contributed by atoms with Crippen LogP contribution < -0.4 is 9.64 Å². The van der Waals surface area contributed by atoms with Gasteiger partial charge in [0.2, 0.25) is 5.95 Å². The summed E-state index contributed by atoms with van der Waals surface area (Å²) in [5.41, 5.74) is 1.95. The molecule has 2 aromatic rings. The van der Waals surface area contributed by atoms with Crippen molar-refractivity contribution in [3.05, 3.63) is 23.9 Å². The molecule has 5 nitrogen and oxygen atoms in total. The van der Waals surface area contributed by atoms with Crippen molar-refractivity contribution in [2.45, 2.75) is 39.2 Å². The topological polar surface area (TPSA) is 41.5 Å². The third kappa shape index (κ3) is 3.61. The predicted octanol–water partition coefficient (Wildman–Crippen LogP) is 3.26. The third-order valence-corrected chi connectivity index (χ3v) is 5.09. The van der Waals surface area contributed by atoms with Crippen molar-refractivity contribution >= 4 is 16.9 Å². The summed E-state index contributed by atoms with van der Waals surface area (Å²) in [7, 11) is 3.76. The van der Waals surface area contributed by atoms with Crippen LogP contribution in [0.5, 0.6) is 5.75 Å².